The van der Waals surface area contributed by atoms with Crippen molar-refractivity contribution in [1.29, 1.82) is 0 Å². The highest BCUT2D eigenvalue weighted by Gasteiger charge is 2.05. The summed E-state index contributed by atoms with van der Waals surface area (Å²) in [6.45, 7) is 4.03. The molecule has 0 N–H and O–H groups in total. The summed E-state index contributed by atoms with van der Waals surface area (Å²) < 4.78 is 4.80. The summed E-state index contributed by atoms with van der Waals surface area (Å²) in [6.07, 6.45) is 7.13. The van der Waals surface area contributed by atoms with Gasteiger partial charge in [-0.3, -0.25) is 0 Å². The van der Waals surface area contributed by atoms with Gasteiger partial charge in [-0.25, -0.2) is 19.3 Å². The number of pyridine rings is 2. The van der Waals surface area contributed by atoms with E-state index in [0.29, 0.717) is 0 Å². The molecule has 0 aromatic carbocycles. The average molecular weight is 444 g/mol. The molecule has 0 unspecified atom stereocenters. The minimum Gasteiger partial charge on any atom is -0.237 e. The van der Waals surface area contributed by atoms with Gasteiger partial charge in [0.2, 0.25) is 0 Å². The van der Waals surface area contributed by atoms with E-state index < -0.39 is 0 Å². The molecule has 7 heteroatoms. The van der Waals surface area contributed by atoms with Gasteiger partial charge >= 0.3 is 0 Å². The third-order valence-corrected chi connectivity index (χ3v) is 4.57. The van der Waals surface area contributed by atoms with Crippen molar-refractivity contribution in [2.24, 2.45) is 0 Å². The molecule has 0 atom stereocenters. The van der Waals surface area contributed by atoms with Crippen molar-refractivity contribution in [3.63, 3.8) is 0 Å². The number of halogens is 1. The molecule has 0 bridgehead atoms. The lowest BCUT2D eigenvalue weighted by molar-refractivity contribution is 0.817. The first-order valence-electron chi connectivity index (χ1n) is 7.70. The zero-order valence-corrected chi connectivity index (χ0v) is 16.1. The van der Waals surface area contributed by atoms with Crippen LogP contribution in [0.4, 0.5) is 0 Å². The van der Waals surface area contributed by atoms with Crippen LogP contribution in [0.5, 0.6) is 0 Å². The van der Waals surface area contributed by atoms with E-state index in [1.807, 2.05) is 67.2 Å². The second kappa shape index (κ2) is 8.02. The zero-order valence-electron chi connectivity index (χ0n) is 13.9. The predicted molar refractivity (Wildman–Crippen MR) is 105 cm³/mol. The minimum atomic E-state index is 0.861. The van der Waals surface area contributed by atoms with E-state index in [1.54, 1.807) is 23.3 Å². The fourth-order valence-corrected chi connectivity index (χ4v) is 2.54. The van der Waals surface area contributed by atoms with Crippen LogP contribution in [0.3, 0.4) is 0 Å². The quantitative estimate of drug-likeness (QED) is 0.442. The molecule has 0 saturated carbocycles. The van der Waals surface area contributed by atoms with Gasteiger partial charge in [0.25, 0.3) is 0 Å². The number of hydrogen-bond donors (Lipinski definition) is 0. The molecule has 126 valence electrons. The van der Waals surface area contributed by atoms with Crippen LogP contribution in [0.25, 0.3) is 11.6 Å². The third kappa shape index (κ3) is 4.11. The Balaban J connectivity index is 0.000000146. The smallest absolute Gasteiger partial charge is 0.153 e. The number of hydrogen-bond acceptors (Lipinski definition) is 4. The highest BCUT2D eigenvalue weighted by atomic mass is 127. The van der Waals surface area contributed by atoms with Crippen LogP contribution in [0, 0.1) is 17.4 Å². The highest BCUT2D eigenvalue weighted by molar-refractivity contribution is 14.1. The van der Waals surface area contributed by atoms with E-state index in [1.165, 1.54) is 0 Å². The van der Waals surface area contributed by atoms with Crippen LogP contribution in [-0.4, -0.2) is 29.5 Å². The predicted octanol–water partition coefficient (Wildman–Crippen LogP) is 3.76. The first kappa shape index (κ1) is 17.3. The maximum absolute atomic E-state index is 4.23. The molecule has 0 amide bonds. The van der Waals surface area contributed by atoms with Gasteiger partial charge in [-0.1, -0.05) is 12.1 Å². The third-order valence-electron chi connectivity index (χ3n) is 3.51. The molecule has 0 aliphatic carbocycles. The Bertz CT molecular complexity index is 931. The minimum absolute atomic E-state index is 0.861. The van der Waals surface area contributed by atoms with Crippen molar-refractivity contribution >= 4 is 22.6 Å². The molecule has 4 aromatic heterocycles. The molecule has 0 radical (unpaired) electrons. The van der Waals surface area contributed by atoms with Crippen LogP contribution >= 0.6 is 22.6 Å². The van der Waals surface area contributed by atoms with Crippen molar-refractivity contribution in [3.8, 4) is 11.6 Å². The zero-order chi connectivity index (χ0) is 17.6. The number of rotatable bonds is 2. The normalized spacial score (nSPS) is 10.2. The average Bonchev–Trinajstić information content (AvgIpc) is 3.23. The Kier molecular flexibility index (Phi) is 5.54. The van der Waals surface area contributed by atoms with Crippen molar-refractivity contribution in [2.75, 3.05) is 0 Å². The van der Waals surface area contributed by atoms with Crippen LogP contribution in [-0.2, 0) is 0 Å². The van der Waals surface area contributed by atoms with Gasteiger partial charge in [-0.15, -0.1) is 0 Å². The lowest BCUT2D eigenvalue weighted by atomic mass is 10.4. The van der Waals surface area contributed by atoms with Crippen molar-refractivity contribution in [1.82, 2.24) is 29.5 Å². The van der Waals surface area contributed by atoms with E-state index in [4.69, 9.17) is 0 Å². The molecule has 0 aliphatic heterocycles. The van der Waals surface area contributed by atoms with Crippen LogP contribution in [0.15, 0.2) is 67.3 Å². The van der Waals surface area contributed by atoms with Gasteiger partial charge in [-0.2, -0.15) is 10.2 Å². The second-order valence-corrected chi connectivity index (χ2v) is 6.41. The van der Waals surface area contributed by atoms with Gasteiger partial charge in [0, 0.05) is 24.3 Å². The lowest BCUT2D eigenvalue weighted by Gasteiger charge is -2.01. The Labute approximate surface area is 159 Å². The van der Waals surface area contributed by atoms with E-state index in [2.05, 4.69) is 42.8 Å². The Hall–Kier alpha value is -2.55. The van der Waals surface area contributed by atoms with Gasteiger partial charge < -0.3 is 0 Å². The standard InChI is InChI=1S/C9H8IN3.C9H9N3/c1-7-8(10)6-12-13(7)9-4-2-3-5-11-9;1-8-5-7-11-12(8)9-4-2-3-6-10-9/h2-6H,1H3;2-7H,1H3. The van der Waals surface area contributed by atoms with Crippen molar-refractivity contribution < 1.29 is 0 Å². The van der Waals surface area contributed by atoms with Gasteiger partial charge in [0.05, 0.1) is 15.5 Å². The molecule has 4 rings (SSSR count). The van der Waals surface area contributed by atoms with E-state index in [0.717, 1.165) is 26.6 Å². The van der Waals surface area contributed by atoms with Gasteiger partial charge in [-0.05, 0) is 66.8 Å². The van der Waals surface area contributed by atoms with Crippen LogP contribution in [0.1, 0.15) is 11.4 Å². The van der Waals surface area contributed by atoms with E-state index >= 15 is 0 Å². The van der Waals surface area contributed by atoms with Gasteiger partial charge in [0.15, 0.2) is 11.6 Å². The summed E-state index contributed by atoms with van der Waals surface area (Å²) >= 11 is 2.26. The molecule has 0 aliphatic rings. The lowest BCUT2D eigenvalue weighted by Crippen LogP contribution is -2.00. The monoisotopic (exact) mass is 444 g/mol. The molecule has 4 heterocycles. The molecular weight excluding hydrogens is 427 g/mol. The molecule has 0 fully saturated rings. The number of nitrogens with zero attached hydrogens (tertiary/aromatic N) is 6. The second-order valence-electron chi connectivity index (χ2n) is 5.25. The Morgan fingerprint density at radius 3 is 1.84 bits per heavy atom. The summed E-state index contributed by atoms with van der Waals surface area (Å²) in [6, 6.07) is 13.5. The first-order chi connectivity index (χ1) is 12.2. The summed E-state index contributed by atoms with van der Waals surface area (Å²) in [5.74, 6) is 1.72. The SMILES string of the molecule is Cc1c(I)cnn1-c1ccccn1.Cc1ccnn1-c1ccccn1. The topological polar surface area (TPSA) is 61.4 Å². The van der Waals surface area contributed by atoms with Crippen molar-refractivity contribution in [3.05, 3.63) is 82.2 Å². The first-order valence-corrected chi connectivity index (χ1v) is 8.78. The molecule has 6 nitrogen and oxygen atoms in total. The summed E-state index contributed by atoms with van der Waals surface area (Å²) in [7, 11) is 0. The number of aryl methyl sites for hydroxylation is 1. The molecule has 25 heavy (non-hydrogen) atoms. The number of aromatic nitrogens is 6. The van der Waals surface area contributed by atoms with Crippen molar-refractivity contribution in [2.45, 2.75) is 13.8 Å². The van der Waals surface area contributed by atoms with E-state index in [-0.39, 0.29) is 0 Å². The molecular formula is C18H17IN6. The van der Waals surface area contributed by atoms with Crippen LogP contribution in [0.2, 0.25) is 0 Å². The fourth-order valence-electron chi connectivity index (χ4n) is 2.19. The summed E-state index contributed by atoms with van der Waals surface area (Å²) in [5, 5.41) is 8.37. The maximum atomic E-state index is 4.23. The summed E-state index contributed by atoms with van der Waals surface area (Å²) in [4.78, 5) is 8.40. The van der Waals surface area contributed by atoms with Gasteiger partial charge in [0.1, 0.15) is 0 Å². The molecule has 4 aromatic rings. The maximum Gasteiger partial charge on any atom is 0.153 e. The largest absolute Gasteiger partial charge is 0.237 e. The van der Waals surface area contributed by atoms with Crippen LogP contribution < -0.4 is 0 Å². The fraction of sp³-hybridized carbons (Fsp3) is 0.111. The molecule has 0 saturated heterocycles. The van der Waals surface area contributed by atoms with E-state index in [9.17, 15) is 0 Å². The Morgan fingerprint density at radius 2 is 1.40 bits per heavy atom. The molecule has 0 spiro atoms. The highest BCUT2D eigenvalue weighted by Crippen LogP contribution is 2.13. The summed E-state index contributed by atoms with van der Waals surface area (Å²) in [5.41, 5.74) is 2.22. The Morgan fingerprint density at radius 1 is 0.760 bits per heavy atom.